The molecule has 3 rings (SSSR count). The Kier molecular flexibility index (Phi) is 4.29. The summed E-state index contributed by atoms with van der Waals surface area (Å²) in [7, 11) is 5.78. The van der Waals surface area contributed by atoms with Gasteiger partial charge in [-0.05, 0) is 23.8 Å². The van der Waals surface area contributed by atoms with Gasteiger partial charge < -0.3 is 0 Å². The van der Waals surface area contributed by atoms with Crippen LogP contribution in [0.5, 0.6) is 0 Å². The second kappa shape index (κ2) is 6.54. The first-order chi connectivity index (χ1) is 11.6. The van der Waals surface area contributed by atoms with E-state index in [2.05, 4.69) is 57.1 Å². The van der Waals surface area contributed by atoms with Gasteiger partial charge in [-0.2, -0.15) is 5.43 Å². The van der Waals surface area contributed by atoms with Gasteiger partial charge in [0.15, 0.2) is 5.69 Å². The molecule has 6 nitrogen and oxygen atoms in total. The van der Waals surface area contributed by atoms with Gasteiger partial charge in [0.2, 0.25) is 0 Å². The number of nitrogens with two attached hydrogens (primary N) is 1. The maximum absolute atomic E-state index is 5.75. The van der Waals surface area contributed by atoms with E-state index in [1.807, 2.05) is 38.4 Å². The number of nitrogens with one attached hydrogen (secondary N) is 1. The van der Waals surface area contributed by atoms with Gasteiger partial charge in [0, 0.05) is 11.6 Å². The van der Waals surface area contributed by atoms with Crippen LogP contribution in [0, 0.1) is 0 Å². The number of aromatic nitrogens is 2. The first kappa shape index (κ1) is 15.7. The van der Waals surface area contributed by atoms with E-state index in [9.17, 15) is 0 Å². The first-order valence-corrected chi connectivity index (χ1v) is 7.71. The summed E-state index contributed by atoms with van der Waals surface area (Å²) < 4.78 is 6.06. The Morgan fingerprint density at radius 2 is 1.96 bits per heavy atom. The zero-order valence-corrected chi connectivity index (χ0v) is 14.1. The van der Waals surface area contributed by atoms with Gasteiger partial charge in [-0.3, -0.25) is 10.3 Å². The number of hydrogen-bond donors (Lipinski definition) is 2. The lowest BCUT2D eigenvalue weighted by Crippen LogP contribution is -2.34. The molecule has 0 saturated heterocycles. The van der Waals surface area contributed by atoms with Crippen molar-refractivity contribution < 1.29 is 8.98 Å². The number of pyridine rings is 1. The highest BCUT2D eigenvalue weighted by molar-refractivity contribution is 5.82. The second-order valence-corrected chi connectivity index (χ2v) is 5.81. The van der Waals surface area contributed by atoms with Gasteiger partial charge in [-0.1, -0.05) is 18.2 Å². The van der Waals surface area contributed by atoms with E-state index in [0.29, 0.717) is 5.96 Å². The van der Waals surface area contributed by atoms with Gasteiger partial charge in [-0.15, -0.1) is 5.10 Å². The van der Waals surface area contributed by atoms with Crippen molar-refractivity contribution in [3.8, 4) is 11.3 Å². The van der Waals surface area contributed by atoms with Crippen molar-refractivity contribution in [2.75, 3.05) is 14.1 Å². The molecular weight excluding hydrogens is 300 g/mol. The van der Waals surface area contributed by atoms with Crippen LogP contribution < -0.4 is 15.6 Å². The normalized spacial score (nSPS) is 11.1. The molecule has 3 aromatic rings. The quantitative estimate of drug-likeness (QED) is 0.326. The van der Waals surface area contributed by atoms with Crippen LogP contribution in [0.2, 0.25) is 0 Å². The first-order valence-electron chi connectivity index (χ1n) is 7.71. The van der Waals surface area contributed by atoms with E-state index in [4.69, 9.17) is 5.73 Å². The number of aryl methyl sites for hydroxylation is 1. The number of hydrazone groups is 1. The summed E-state index contributed by atoms with van der Waals surface area (Å²) in [6, 6.07) is 14.4. The third-order valence-electron chi connectivity index (χ3n) is 3.91. The molecule has 0 amide bonds. The average Bonchev–Trinajstić information content (AvgIpc) is 2.92. The number of rotatable bonds is 3. The Hall–Kier alpha value is -3.15. The third kappa shape index (κ3) is 3.12. The summed E-state index contributed by atoms with van der Waals surface area (Å²) in [6.07, 6.45) is 5.93. The minimum absolute atomic E-state index is 0.496. The predicted molar refractivity (Wildman–Crippen MR) is 96.0 cm³/mol. The van der Waals surface area contributed by atoms with E-state index in [1.54, 1.807) is 10.8 Å². The summed E-state index contributed by atoms with van der Waals surface area (Å²) in [5.41, 5.74) is 13.0. The van der Waals surface area contributed by atoms with Crippen LogP contribution in [0.25, 0.3) is 16.9 Å². The van der Waals surface area contributed by atoms with E-state index in [1.165, 1.54) is 0 Å². The summed E-state index contributed by atoms with van der Waals surface area (Å²) >= 11 is 0. The summed E-state index contributed by atoms with van der Waals surface area (Å²) in [5, 5.41) is 4.13. The van der Waals surface area contributed by atoms with Crippen molar-refractivity contribution in [2.45, 2.75) is 0 Å². The van der Waals surface area contributed by atoms with E-state index < -0.39 is 0 Å². The molecule has 0 aliphatic heterocycles. The maximum Gasteiger partial charge on any atom is 0.366 e. The molecule has 0 bridgehead atoms. The number of guanidine groups is 1. The molecule has 0 atom stereocenters. The topological polar surface area (TPSA) is 62.5 Å². The molecular formula is C18H22N6+2. The van der Waals surface area contributed by atoms with Crippen molar-refractivity contribution in [3.05, 3.63) is 60.4 Å². The Morgan fingerprint density at radius 3 is 2.62 bits per heavy atom. The van der Waals surface area contributed by atoms with Crippen LogP contribution in [0.1, 0.15) is 5.56 Å². The van der Waals surface area contributed by atoms with E-state index in [0.717, 1.165) is 22.5 Å². The smallest absolute Gasteiger partial charge is 0.289 e. The molecule has 0 radical (unpaired) electrons. The minimum atomic E-state index is 0.496. The summed E-state index contributed by atoms with van der Waals surface area (Å²) in [6.45, 7) is 0. The fraction of sp³-hybridized carbons (Fsp3) is 0.167. The van der Waals surface area contributed by atoms with Crippen LogP contribution in [0.15, 0.2) is 60.0 Å². The molecule has 0 unspecified atom stereocenters. The summed E-state index contributed by atoms with van der Waals surface area (Å²) in [4.78, 5) is 0. The SMILES string of the molecule is Cn1c(-c2ccc(/C=N\NC(N)=[N+](C)C)cc2)c[n+]2ccccc12. The zero-order valence-electron chi connectivity index (χ0n) is 14.1. The maximum atomic E-state index is 5.75. The molecule has 0 fully saturated rings. The molecule has 1 aromatic carbocycles. The van der Waals surface area contributed by atoms with Crippen LogP contribution in [0.3, 0.4) is 0 Å². The number of imidazole rings is 1. The molecule has 0 spiro atoms. The number of benzene rings is 1. The minimum Gasteiger partial charge on any atom is -0.289 e. The Labute approximate surface area is 141 Å². The Bertz CT molecular complexity index is 914. The monoisotopic (exact) mass is 322 g/mol. The van der Waals surface area contributed by atoms with Crippen LogP contribution in [0.4, 0.5) is 0 Å². The Balaban J connectivity index is 1.82. The number of nitrogens with zero attached hydrogens (tertiary/aromatic N) is 4. The van der Waals surface area contributed by atoms with E-state index in [-0.39, 0.29) is 0 Å². The molecule has 24 heavy (non-hydrogen) atoms. The van der Waals surface area contributed by atoms with Gasteiger partial charge in [0.05, 0.1) is 33.6 Å². The van der Waals surface area contributed by atoms with Crippen LogP contribution >= 0.6 is 0 Å². The highest BCUT2D eigenvalue weighted by Crippen LogP contribution is 2.19. The molecule has 122 valence electrons. The lowest BCUT2D eigenvalue weighted by molar-refractivity contribution is -0.510. The average molecular weight is 322 g/mol. The molecule has 6 heteroatoms. The van der Waals surface area contributed by atoms with Crippen molar-refractivity contribution >= 4 is 17.8 Å². The van der Waals surface area contributed by atoms with Crippen molar-refractivity contribution in [1.82, 2.24) is 9.99 Å². The van der Waals surface area contributed by atoms with Crippen molar-refractivity contribution in [3.63, 3.8) is 0 Å². The van der Waals surface area contributed by atoms with Crippen LogP contribution in [-0.4, -0.2) is 35.4 Å². The van der Waals surface area contributed by atoms with Crippen LogP contribution in [-0.2, 0) is 7.05 Å². The van der Waals surface area contributed by atoms with Gasteiger partial charge >= 0.3 is 5.96 Å². The Morgan fingerprint density at radius 1 is 1.21 bits per heavy atom. The predicted octanol–water partition coefficient (Wildman–Crippen LogP) is 0.941. The van der Waals surface area contributed by atoms with Gasteiger partial charge in [0.1, 0.15) is 6.20 Å². The van der Waals surface area contributed by atoms with Gasteiger partial charge in [-0.25, -0.2) is 8.97 Å². The molecule has 3 N–H and O–H groups in total. The molecule has 0 saturated carbocycles. The van der Waals surface area contributed by atoms with Crippen molar-refractivity contribution in [1.29, 1.82) is 0 Å². The summed E-state index contributed by atoms with van der Waals surface area (Å²) in [5.74, 6) is 0.496. The zero-order chi connectivity index (χ0) is 17.1. The third-order valence-corrected chi connectivity index (χ3v) is 3.91. The standard InChI is InChI=1S/C18H21N6/c1-22(2)18(19)21-20-12-14-7-9-15(10-8-14)16-13-24-11-5-4-6-17(24)23(16)3/h4-13H,1-3H3,(H2,19,21)/q+1/p+1/b20-12-. The molecule has 0 aliphatic rings. The second-order valence-electron chi connectivity index (χ2n) is 5.81. The fourth-order valence-electron chi connectivity index (χ4n) is 2.46. The van der Waals surface area contributed by atoms with E-state index >= 15 is 0 Å². The highest BCUT2D eigenvalue weighted by Gasteiger charge is 2.14. The lowest BCUT2D eigenvalue weighted by atomic mass is 10.1. The van der Waals surface area contributed by atoms with Crippen molar-refractivity contribution in [2.24, 2.45) is 17.9 Å². The molecule has 2 aromatic heterocycles. The lowest BCUT2D eigenvalue weighted by Gasteiger charge is -1.99. The largest absolute Gasteiger partial charge is 0.366 e. The highest BCUT2D eigenvalue weighted by atomic mass is 15.4. The number of fused-ring (bicyclic) bond motifs is 1. The fourth-order valence-corrected chi connectivity index (χ4v) is 2.46. The van der Waals surface area contributed by atoms with Gasteiger partial charge in [0.25, 0.3) is 5.65 Å². The molecule has 0 aliphatic carbocycles. The number of hydrogen-bond acceptors (Lipinski definition) is 1. The molecule has 2 heterocycles.